The van der Waals surface area contributed by atoms with Gasteiger partial charge < -0.3 is 25.0 Å². The van der Waals surface area contributed by atoms with Crippen LogP contribution in [0, 0.1) is 6.92 Å². The van der Waals surface area contributed by atoms with Crippen molar-refractivity contribution in [2.45, 2.75) is 58.7 Å². The zero-order valence-corrected chi connectivity index (χ0v) is 17.8. The minimum Gasteiger partial charge on any atom is -0.469 e. The summed E-state index contributed by atoms with van der Waals surface area (Å²) in [5, 5.41) is 5.89. The highest BCUT2D eigenvalue weighted by atomic mass is 16.6. The number of methoxy groups -OCH3 is 1. The number of carbonyl (C=O) groups is 3. The van der Waals surface area contributed by atoms with E-state index in [1.165, 1.54) is 7.11 Å². The van der Waals surface area contributed by atoms with Crippen molar-refractivity contribution in [3.8, 4) is 0 Å². The van der Waals surface area contributed by atoms with Gasteiger partial charge in [0.2, 0.25) is 5.91 Å². The van der Waals surface area contributed by atoms with Crippen molar-refractivity contribution in [2.24, 2.45) is 0 Å². The van der Waals surface area contributed by atoms with Gasteiger partial charge in [-0.3, -0.25) is 9.59 Å². The second-order valence-electron chi connectivity index (χ2n) is 8.18. The maximum atomic E-state index is 13.0. The van der Waals surface area contributed by atoms with E-state index >= 15 is 0 Å². The summed E-state index contributed by atoms with van der Waals surface area (Å²) < 4.78 is 9.95. The third-order valence-corrected chi connectivity index (χ3v) is 4.43. The maximum Gasteiger partial charge on any atom is 0.407 e. The van der Waals surface area contributed by atoms with E-state index in [-0.39, 0.29) is 12.3 Å². The normalized spacial score (nSPS) is 16.4. The highest BCUT2D eigenvalue weighted by molar-refractivity contribution is 5.90. The highest BCUT2D eigenvalue weighted by Crippen LogP contribution is 2.25. The lowest BCUT2D eigenvalue weighted by Crippen LogP contribution is -2.43. The smallest absolute Gasteiger partial charge is 0.407 e. The van der Waals surface area contributed by atoms with Crippen LogP contribution in [0.3, 0.4) is 0 Å². The molecule has 0 aromatic heterocycles. The van der Waals surface area contributed by atoms with E-state index in [4.69, 9.17) is 9.47 Å². The molecule has 0 bridgehead atoms. The number of nitrogens with one attached hydrogen (secondary N) is 2. The summed E-state index contributed by atoms with van der Waals surface area (Å²) in [4.78, 5) is 38.2. The number of ether oxygens (including phenoxy) is 2. The third kappa shape index (κ3) is 6.96. The van der Waals surface area contributed by atoms with Gasteiger partial charge in [-0.05, 0) is 45.7 Å². The lowest BCUT2D eigenvalue weighted by atomic mass is 10.1. The van der Waals surface area contributed by atoms with Gasteiger partial charge >= 0.3 is 12.1 Å². The van der Waals surface area contributed by atoms with Crippen LogP contribution in [-0.2, 0) is 25.6 Å². The van der Waals surface area contributed by atoms with Crippen molar-refractivity contribution >= 4 is 23.7 Å². The number of hydrogen-bond acceptors (Lipinski definition) is 6. The predicted octanol–water partition coefficient (Wildman–Crippen LogP) is 2.60. The maximum absolute atomic E-state index is 13.0. The van der Waals surface area contributed by atoms with Crippen LogP contribution in [0.25, 0.3) is 0 Å². The Hall–Kier alpha value is -2.77. The number of hydrogen-bond donors (Lipinski definition) is 2. The summed E-state index contributed by atoms with van der Waals surface area (Å²) in [6.07, 6.45) is 0.0396. The summed E-state index contributed by atoms with van der Waals surface area (Å²) >= 11 is 0. The van der Waals surface area contributed by atoms with Gasteiger partial charge in [0, 0.05) is 25.3 Å². The van der Waals surface area contributed by atoms with Crippen LogP contribution in [-0.4, -0.2) is 54.7 Å². The van der Waals surface area contributed by atoms with E-state index in [9.17, 15) is 14.4 Å². The van der Waals surface area contributed by atoms with Crippen molar-refractivity contribution in [3.05, 3.63) is 29.3 Å². The Labute approximate surface area is 171 Å². The van der Waals surface area contributed by atoms with E-state index in [0.29, 0.717) is 26.1 Å². The molecule has 1 aliphatic rings. The molecular weight excluding hydrogens is 374 g/mol. The van der Waals surface area contributed by atoms with Crippen molar-refractivity contribution in [3.63, 3.8) is 0 Å². The average Bonchev–Trinajstić information content (AvgIpc) is 2.74. The Kier molecular flexibility index (Phi) is 7.47. The number of esters is 1. The molecule has 1 aromatic carbocycles. The fourth-order valence-electron chi connectivity index (χ4n) is 3.10. The fraction of sp³-hybridized carbons (Fsp3) is 0.571. The molecule has 0 aliphatic carbocycles. The number of amides is 2. The van der Waals surface area contributed by atoms with Crippen molar-refractivity contribution < 1.29 is 23.9 Å². The Bertz CT molecular complexity index is 757. The zero-order chi connectivity index (χ0) is 21.6. The number of benzene rings is 1. The first-order valence-corrected chi connectivity index (χ1v) is 9.77. The summed E-state index contributed by atoms with van der Waals surface area (Å²) in [5.74, 6) is -0.612. The molecule has 8 nitrogen and oxygen atoms in total. The van der Waals surface area contributed by atoms with Gasteiger partial charge in [0.05, 0.1) is 13.5 Å². The first-order valence-electron chi connectivity index (χ1n) is 9.77. The van der Waals surface area contributed by atoms with E-state index < -0.39 is 23.7 Å². The molecule has 0 saturated heterocycles. The molecule has 1 aromatic rings. The lowest BCUT2D eigenvalue weighted by molar-refractivity contribution is -0.144. The SMILES string of the molecule is COC(=O)C[C@@H]1Nc2ccc(C)cc2CN(CCCNC(=O)OC(C)(C)C)C1=O. The largest absolute Gasteiger partial charge is 0.469 e. The van der Waals surface area contributed by atoms with Crippen LogP contribution >= 0.6 is 0 Å². The van der Waals surface area contributed by atoms with Crippen molar-refractivity contribution in [2.75, 3.05) is 25.5 Å². The van der Waals surface area contributed by atoms with Crippen LogP contribution in [0.5, 0.6) is 0 Å². The van der Waals surface area contributed by atoms with Crippen molar-refractivity contribution in [1.82, 2.24) is 10.2 Å². The minimum atomic E-state index is -0.690. The number of nitrogens with zero attached hydrogens (tertiary/aromatic N) is 1. The van der Waals surface area contributed by atoms with Crippen LogP contribution in [0.1, 0.15) is 44.7 Å². The van der Waals surface area contributed by atoms with Gasteiger partial charge in [0.1, 0.15) is 11.6 Å². The number of fused-ring (bicyclic) bond motifs is 1. The number of alkyl carbamates (subject to hydrolysis) is 1. The minimum absolute atomic E-state index is 0.0463. The fourth-order valence-corrected chi connectivity index (χ4v) is 3.10. The van der Waals surface area contributed by atoms with Crippen LogP contribution in [0.2, 0.25) is 0 Å². The average molecular weight is 405 g/mol. The molecule has 0 fully saturated rings. The Morgan fingerprint density at radius 1 is 1.31 bits per heavy atom. The topological polar surface area (TPSA) is 97.0 Å². The molecule has 2 N–H and O–H groups in total. The standard InChI is InChI=1S/C21H31N3O5/c1-14-7-8-16-15(11-14)13-24(19(26)17(23-16)12-18(25)28-5)10-6-9-22-20(27)29-21(2,3)4/h7-8,11,17,23H,6,9-10,12-13H2,1-5H3,(H,22,27)/t17-/m0/s1. The van der Waals surface area contributed by atoms with Crippen LogP contribution in [0.15, 0.2) is 18.2 Å². The quantitative estimate of drug-likeness (QED) is 0.558. The molecule has 1 heterocycles. The van der Waals surface area contributed by atoms with Gasteiger partial charge in [-0.2, -0.15) is 0 Å². The van der Waals surface area contributed by atoms with Gasteiger partial charge in [0.25, 0.3) is 0 Å². The van der Waals surface area contributed by atoms with Crippen LogP contribution in [0.4, 0.5) is 10.5 Å². The summed E-state index contributed by atoms with van der Waals surface area (Å²) in [6, 6.07) is 5.23. The second kappa shape index (κ2) is 9.62. The van der Waals surface area contributed by atoms with Crippen molar-refractivity contribution in [1.29, 1.82) is 0 Å². The molecule has 29 heavy (non-hydrogen) atoms. The lowest BCUT2D eigenvalue weighted by Gasteiger charge is -2.24. The Morgan fingerprint density at radius 2 is 2.03 bits per heavy atom. The number of rotatable bonds is 6. The number of carbonyl (C=O) groups excluding carboxylic acids is 3. The predicted molar refractivity (Wildman–Crippen MR) is 109 cm³/mol. The molecule has 0 saturated carbocycles. The molecule has 0 radical (unpaired) electrons. The van der Waals surface area contributed by atoms with Gasteiger partial charge in [-0.25, -0.2) is 4.79 Å². The molecule has 8 heteroatoms. The number of anilines is 1. The van der Waals surface area contributed by atoms with Gasteiger partial charge in [-0.1, -0.05) is 17.7 Å². The molecular formula is C21H31N3O5. The third-order valence-electron chi connectivity index (χ3n) is 4.43. The van der Waals surface area contributed by atoms with Gasteiger partial charge in [0.15, 0.2) is 0 Å². The van der Waals surface area contributed by atoms with Gasteiger partial charge in [-0.15, -0.1) is 0 Å². The van der Waals surface area contributed by atoms with Crippen LogP contribution < -0.4 is 10.6 Å². The molecule has 2 amide bonds. The molecule has 0 spiro atoms. The summed E-state index contributed by atoms with van der Waals surface area (Å²) in [7, 11) is 1.31. The van der Waals surface area contributed by atoms with E-state index in [2.05, 4.69) is 10.6 Å². The van der Waals surface area contributed by atoms with E-state index in [0.717, 1.165) is 16.8 Å². The highest BCUT2D eigenvalue weighted by Gasteiger charge is 2.31. The van der Waals surface area contributed by atoms with E-state index in [1.807, 2.05) is 25.1 Å². The molecule has 1 atom stereocenters. The molecule has 160 valence electrons. The summed E-state index contributed by atoms with van der Waals surface area (Å²) in [5.41, 5.74) is 2.37. The Morgan fingerprint density at radius 3 is 2.69 bits per heavy atom. The Balaban J connectivity index is 2.03. The number of aryl methyl sites for hydroxylation is 1. The molecule has 1 aliphatic heterocycles. The molecule has 0 unspecified atom stereocenters. The molecule has 2 rings (SSSR count). The first kappa shape index (κ1) is 22.5. The zero-order valence-electron chi connectivity index (χ0n) is 17.8. The summed E-state index contributed by atoms with van der Waals surface area (Å²) in [6.45, 7) is 8.67. The second-order valence-corrected chi connectivity index (χ2v) is 8.18. The van der Waals surface area contributed by atoms with E-state index in [1.54, 1.807) is 25.7 Å². The first-order chi connectivity index (χ1) is 13.6. The monoisotopic (exact) mass is 405 g/mol.